The second-order valence-electron chi connectivity index (χ2n) is 7.62. The molecule has 0 radical (unpaired) electrons. The van der Waals surface area contributed by atoms with Gasteiger partial charge in [-0.05, 0) is 36.5 Å². The number of carbonyl (C=O) groups is 2. The molecule has 1 aromatic rings. The van der Waals surface area contributed by atoms with E-state index in [1.165, 1.54) is 0 Å². The Balaban J connectivity index is 0.00000261. The molecule has 0 aromatic heterocycles. The molecule has 2 unspecified atom stereocenters. The van der Waals surface area contributed by atoms with Crippen LogP contribution < -0.4 is 5.32 Å². The van der Waals surface area contributed by atoms with E-state index in [0.29, 0.717) is 18.1 Å². The van der Waals surface area contributed by atoms with Gasteiger partial charge in [0.15, 0.2) is 0 Å². The summed E-state index contributed by atoms with van der Waals surface area (Å²) in [5.74, 6) is 0.272. The van der Waals surface area contributed by atoms with Gasteiger partial charge in [-0.1, -0.05) is 37.6 Å². The van der Waals surface area contributed by atoms with Gasteiger partial charge in [-0.25, -0.2) is 0 Å². The smallest absolute Gasteiger partial charge is 0.236 e. The van der Waals surface area contributed by atoms with Crippen LogP contribution in [-0.4, -0.2) is 60.4 Å². The van der Waals surface area contributed by atoms with E-state index in [0.717, 1.165) is 38.0 Å². The zero-order chi connectivity index (χ0) is 18.7. The number of carbonyl (C=O) groups excluding carboxylic acids is 2. The fraction of sp³-hybridized carbons (Fsp3) is 0.600. The number of rotatable bonds is 4. The van der Waals surface area contributed by atoms with E-state index in [9.17, 15) is 9.59 Å². The van der Waals surface area contributed by atoms with Crippen LogP contribution in [0, 0.1) is 5.92 Å². The van der Waals surface area contributed by atoms with E-state index >= 15 is 0 Å². The number of halogens is 2. The van der Waals surface area contributed by atoms with E-state index in [2.05, 4.69) is 19.2 Å². The Kier molecular flexibility index (Phi) is 7.95. The standard InChI is InChI=1S/C20H28ClN3O2.ClH/c1-14(2)19(15-5-3-6-16(21)11-15)20(26)23-9-4-7-17(13-23)24-10-8-22-12-18(24)25;/h3,5-6,11,14,17,19,22H,4,7-10,12-13H2,1-2H3;1H. The Hall–Kier alpha value is -1.30. The van der Waals surface area contributed by atoms with Gasteiger partial charge >= 0.3 is 0 Å². The molecule has 2 atom stereocenters. The van der Waals surface area contributed by atoms with Crippen LogP contribution in [0.2, 0.25) is 5.02 Å². The van der Waals surface area contributed by atoms with Gasteiger partial charge < -0.3 is 15.1 Å². The average molecular weight is 414 g/mol. The molecule has 2 saturated heterocycles. The zero-order valence-electron chi connectivity index (χ0n) is 16.0. The van der Waals surface area contributed by atoms with Gasteiger partial charge in [0.25, 0.3) is 0 Å². The van der Waals surface area contributed by atoms with Gasteiger partial charge in [-0.3, -0.25) is 9.59 Å². The van der Waals surface area contributed by atoms with Gasteiger partial charge in [0.2, 0.25) is 11.8 Å². The first-order valence-corrected chi connectivity index (χ1v) is 9.89. The fourth-order valence-corrected chi connectivity index (χ4v) is 4.32. The number of nitrogens with zero attached hydrogens (tertiary/aromatic N) is 2. The van der Waals surface area contributed by atoms with E-state index in [-0.39, 0.29) is 42.1 Å². The maximum atomic E-state index is 13.3. The third kappa shape index (κ3) is 5.15. The maximum Gasteiger partial charge on any atom is 0.236 e. The lowest BCUT2D eigenvalue weighted by atomic mass is 9.86. The molecule has 1 N–H and O–H groups in total. The highest BCUT2D eigenvalue weighted by Crippen LogP contribution is 2.30. The molecule has 2 amide bonds. The lowest BCUT2D eigenvalue weighted by molar-refractivity contribution is -0.141. The minimum atomic E-state index is -0.203. The largest absolute Gasteiger partial charge is 0.340 e. The first-order valence-electron chi connectivity index (χ1n) is 9.52. The molecule has 7 heteroatoms. The Morgan fingerprint density at radius 2 is 2.07 bits per heavy atom. The molecule has 0 saturated carbocycles. The summed E-state index contributed by atoms with van der Waals surface area (Å²) in [7, 11) is 0. The number of piperidine rings is 1. The van der Waals surface area contributed by atoms with Crippen molar-refractivity contribution in [2.24, 2.45) is 5.92 Å². The summed E-state index contributed by atoms with van der Waals surface area (Å²) < 4.78 is 0. The van der Waals surface area contributed by atoms with E-state index in [1.807, 2.05) is 34.1 Å². The summed E-state index contributed by atoms with van der Waals surface area (Å²) in [6, 6.07) is 7.74. The van der Waals surface area contributed by atoms with Crippen molar-refractivity contribution in [2.75, 3.05) is 32.7 Å². The van der Waals surface area contributed by atoms with Crippen LogP contribution in [0.4, 0.5) is 0 Å². The quantitative estimate of drug-likeness (QED) is 0.825. The third-order valence-corrected chi connectivity index (χ3v) is 5.65. The molecule has 3 rings (SSSR count). The van der Waals surface area contributed by atoms with Crippen molar-refractivity contribution in [1.82, 2.24) is 15.1 Å². The van der Waals surface area contributed by atoms with Crippen LogP contribution in [0.1, 0.15) is 38.2 Å². The van der Waals surface area contributed by atoms with Gasteiger partial charge in [-0.15, -0.1) is 12.4 Å². The van der Waals surface area contributed by atoms with Crippen molar-refractivity contribution in [1.29, 1.82) is 0 Å². The van der Waals surface area contributed by atoms with Crippen LogP contribution in [0.5, 0.6) is 0 Å². The SMILES string of the molecule is CC(C)C(C(=O)N1CCCC(N2CCNCC2=O)C1)c1cccc(Cl)c1.Cl. The molecule has 0 bridgehead atoms. The topological polar surface area (TPSA) is 52.7 Å². The van der Waals surface area contributed by atoms with Crippen molar-refractivity contribution < 1.29 is 9.59 Å². The molecular formula is C20H29Cl2N3O2. The Bertz CT molecular complexity index is 668. The van der Waals surface area contributed by atoms with E-state index in [1.54, 1.807) is 0 Å². The monoisotopic (exact) mass is 413 g/mol. The van der Waals surface area contributed by atoms with Gasteiger partial charge in [-0.2, -0.15) is 0 Å². The molecule has 27 heavy (non-hydrogen) atoms. The van der Waals surface area contributed by atoms with Crippen molar-refractivity contribution >= 4 is 35.8 Å². The normalized spacial score (nSPS) is 21.8. The highest BCUT2D eigenvalue weighted by atomic mass is 35.5. The van der Waals surface area contributed by atoms with E-state index < -0.39 is 0 Å². The summed E-state index contributed by atoms with van der Waals surface area (Å²) in [4.78, 5) is 29.5. The Labute approximate surface area is 172 Å². The summed E-state index contributed by atoms with van der Waals surface area (Å²) in [5, 5.41) is 3.77. The minimum absolute atomic E-state index is 0. The predicted octanol–water partition coefficient (Wildman–Crippen LogP) is 2.92. The van der Waals surface area contributed by atoms with Crippen LogP contribution in [-0.2, 0) is 9.59 Å². The lowest BCUT2D eigenvalue weighted by Gasteiger charge is -2.42. The third-order valence-electron chi connectivity index (χ3n) is 5.42. The average Bonchev–Trinajstić information content (AvgIpc) is 2.62. The van der Waals surface area contributed by atoms with Crippen molar-refractivity contribution in [2.45, 2.75) is 38.6 Å². The van der Waals surface area contributed by atoms with Crippen molar-refractivity contribution in [3.05, 3.63) is 34.9 Å². The summed E-state index contributed by atoms with van der Waals surface area (Å²) in [6.45, 7) is 7.51. The molecule has 0 spiro atoms. The molecule has 2 fully saturated rings. The number of likely N-dealkylation sites (tertiary alicyclic amines) is 1. The second-order valence-corrected chi connectivity index (χ2v) is 8.06. The molecule has 1 aromatic carbocycles. The van der Waals surface area contributed by atoms with Gasteiger partial charge in [0, 0.05) is 37.2 Å². The number of amides is 2. The molecule has 2 aliphatic rings. The summed E-state index contributed by atoms with van der Waals surface area (Å²) in [5.41, 5.74) is 0.970. The lowest BCUT2D eigenvalue weighted by Crippen LogP contribution is -2.58. The molecule has 5 nitrogen and oxygen atoms in total. The number of hydrogen-bond donors (Lipinski definition) is 1. The van der Waals surface area contributed by atoms with Crippen LogP contribution in [0.3, 0.4) is 0 Å². The Morgan fingerprint density at radius 3 is 2.74 bits per heavy atom. The molecule has 2 heterocycles. The van der Waals surface area contributed by atoms with Crippen molar-refractivity contribution in [3.8, 4) is 0 Å². The van der Waals surface area contributed by atoms with Gasteiger partial charge in [0.1, 0.15) is 0 Å². The Morgan fingerprint density at radius 1 is 1.30 bits per heavy atom. The van der Waals surface area contributed by atoms with Crippen LogP contribution in [0.15, 0.2) is 24.3 Å². The van der Waals surface area contributed by atoms with Crippen LogP contribution in [0.25, 0.3) is 0 Å². The molecule has 0 aliphatic carbocycles. The number of benzene rings is 1. The first-order chi connectivity index (χ1) is 12.5. The highest BCUT2D eigenvalue weighted by molar-refractivity contribution is 6.30. The van der Waals surface area contributed by atoms with Gasteiger partial charge in [0.05, 0.1) is 12.5 Å². The van der Waals surface area contributed by atoms with Crippen molar-refractivity contribution in [3.63, 3.8) is 0 Å². The second kappa shape index (κ2) is 9.76. The van der Waals surface area contributed by atoms with Crippen LogP contribution >= 0.6 is 24.0 Å². The predicted molar refractivity (Wildman–Crippen MR) is 110 cm³/mol. The first kappa shape index (κ1) is 22.0. The minimum Gasteiger partial charge on any atom is -0.340 e. The fourth-order valence-electron chi connectivity index (χ4n) is 4.13. The maximum absolute atomic E-state index is 13.3. The zero-order valence-corrected chi connectivity index (χ0v) is 17.6. The summed E-state index contributed by atoms with van der Waals surface area (Å²) in [6.07, 6.45) is 1.91. The van der Waals surface area contributed by atoms with E-state index in [4.69, 9.17) is 11.6 Å². The highest BCUT2D eigenvalue weighted by Gasteiger charge is 2.35. The molecular weight excluding hydrogens is 385 g/mol. The number of nitrogens with one attached hydrogen (secondary N) is 1. The summed E-state index contributed by atoms with van der Waals surface area (Å²) >= 11 is 6.15. The molecule has 150 valence electrons. The molecule has 2 aliphatic heterocycles. The number of piperazine rings is 1. The number of hydrogen-bond acceptors (Lipinski definition) is 3.